The van der Waals surface area contributed by atoms with Crippen LogP contribution in [0.1, 0.15) is 5.56 Å². The molecule has 2 N–H and O–H groups in total. The van der Waals surface area contributed by atoms with E-state index in [9.17, 15) is 0 Å². The van der Waals surface area contributed by atoms with Gasteiger partial charge in [-0.05, 0) is 30.8 Å². The highest BCUT2D eigenvalue weighted by molar-refractivity contribution is 6.30. The van der Waals surface area contributed by atoms with Gasteiger partial charge >= 0.3 is 0 Å². The minimum Gasteiger partial charge on any atom is -0.382 e. The van der Waals surface area contributed by atoms with E-state index in [1.807, 2.05) is 35.1 Å². The first kappa shape index (κ1) is 12.9. The van der Waals surface area contributed by atoms with Crippen LogP contribution < -0.4 is 5.73 Å². The van der Waals surface area contributed by atoms with Gasteiger partial charge < -0.3 is 10.6 Å². The van der Waals surface area contributed by atoms with Crippen molar-refractivity contribution in [1.29, 1.82) is 0 Å². The number of nitrogens with zero attached hydrogens (tertiary/aromatic N) is 3. The average molecular weight is 265 g/mol. The summed E-state index contributed by atoms with van der Waals surface area (Å²) in [5.41, 5.74) is 6.82. The van der Waals surface area contributed by atoms with Crippen LogP contribution in [0.3, 0.4) is 0 Å². The number of benzene rings is 1. The highest BCUT2D eigenvalue weighted by Crippen LogP contribution is 2.10. The number of hydrogen-bond donors (Lipinski definition) is 1. The number of nitrogens with two attached hydrogens (primary N) is 1. The lowest BCUT2D eigenvalue weighted by molar-refractivity contribution is 0.305. The number of anilines is 1. The SMILES string of the molecule is CN(CCn1ccc(N)n1)Cc1ccc(Cl)cc1. The van der Waals surface area contributed by atoms with Crippen LogP contribution >= 0.6 is 11.6 Å². The van der Waals surface area contributed by atoms with Gasteiger partial charge in [-0.25, -0.2) is 0 Å². The third kappa shape index (κ3) is 3.75. The van der Waals surface area contributed by atoms with Crippen molar-refractivity contribution in [3.63, 3.8) is 0 Å². The Bertz CT molecular complexity index is 492. The Morgan fingerprint density at radius 2 is 2.00 bits per heavy atom. The van der Waals surface area contributed by atoms with Crippen LogP contribution in [0, 0.1) is 0 Å². The van der Waals surface area contributed by atoms with Crippen molar-refractivity contribution >= 4 is 17.4 Å². The molecule has 0 aliphatic carbocycles. The zero-order valence-electron chi connectivity index (χ0n) is 10.4. The molecule has 0 aliphatic heterocycles. The summed E-state index contributed by atoms with van der Waals surface area (Å²) >= 11 is 5.85. The van der Waals surface area contributed by atoms with E-state index in [1.165, 1.54) is 5.56 Å². The summed E-state index contributed by atoms with van der Waals surface area (Å²) in [6, 6.07) is 9.73. The number of likely N-dealkylation sites (N-methyl/N-ethyl adjacent to an activating group) is 1. The fourth-order valence-electron chi connectivity index (χ4n) is 1.76. The van der Waals surface area contributed by atoms with E-state index >= 15 is 0 Å². The Kier molecular flexibility index (Phi) is 4.23. The predicted molar refractivity (Wildman–Crippen MR) is 74.4 cm³/mol. The van der Waals surface area contributed by atoms with E-state index in [-0.39, 0.29) is 0 Å². The first-order valence-corrected chi connectivity index (χ1v) is 6.23. The Hall–Kier alpha value is -1.52. The maximum Gasteiger partial charge on any atom is 0.145 e. The molecule has 1 heterocycles. The predicted octanol–water partition coefficient (Wildman–Crippen LogP) is 2.25. The fraction of sp³-hybridized carbons (Fsp3) is 0.308. The van der Waals surface area contributed by atoms with Gasteiger partial charge in [0.05, 0.1) is 6.54 Å². The van der Waals surface area contributed by atoms with Gasteiger partial charge in [0.15, 0.2) is 0 Å². The first-order chi connectivity index (χ1) is 8.63. The topological polar surface area (TPSA) is 47.1 Å². The third-order valence-electron chi connectivity index (χ3n) is 2.74. The standard InChI is InChI=1S/C13H17ClN4/c1-17(8-9-18-7-6-13(15)16-18)10-11-2-4-12(14)5-3-11/h2-7H,8-10H2,1H3,(H2,15,16). The Morgan fingerprint density at radius 3 is 2.61 bits per heavy atom. The smallest absolute Gasteiger partial charge is 0.145 e. The van der Waals surface area contributed by atoms with E-state index in [0.29, 0.717) is 5.82 Å². The molecule has 1 aromatic heterocycles. The summed E-state index contributed by atoms with van der Waals surface area (Å²) < 4.78 is 1.85. The summed E-state index contributed by atoms with van der Waals surface area (Å²) in [7, 11) is 2.08. The second kappa shape index (κ2) is 5.89. The van der Waals surface area contributed by atoms with Gasteiger partial charge in [-0.2, -0.15) is 5.10 Å². The zero-order chi connectivity index (χ0) is 13.0. The summed E-state index contributed by atoms with van der Waals surface area (Å²) in [6.07, 6.45) is 1.89. The van der Waals surface area contributed by atoms with Crippen LogP contribution in [0.25, 0.3) is 0 Å². The highest BCUT2D eigenvalue weighted by Gasteiger charge is 2.01. The molecule has 0 bridgehead atoms. The van der Waals surface area contributed by atoms with Crippen LogP contribution in [0.4, 0.5) is 5.82 Å². The molecule has 0 aliphatic rings. The Labute approximate surface area is 112 Å². The van der Waals surface area contributed by atoms with Gasteiger partial charge in [0.25, 0.3) is 0 Å². The molecular formula is C13H17ClN4. The largest absolute Gasteiger partial charge is 0.382 e. The number of halogens is 1. The second-order valence-corrected chi connectivity index (χ2v) is 4.80. The molecule has 0 unspecified atom stereocenters. The van der Waals surface area contributed by atoms with E-state index in [0.717, 1.165) is 24.7 Å². The molecule has 2 aromatic rings. The van der Waals surface area contributed by atoms with Crippen LogP contribution in [0.5, 0.6) is 0 Å². The van der Waals surface area contributed by atoms with E-state index in [4.69, 9.17) is 17.3 Å². The minimum absolute atomic E-state index is 0.565. The van der Waals surface area contributed by atoms with Crippen molar-refractivity contribution < 1.29 is 0 Å². The van der Waals surface area contributed by atoms with E-state index in [2.05, 4.69) is 17.0 Å². The summed E-state index contributed by atoms with van der Waals surface area (Å²) in [5, 5.41) is 4.92. The molecule has 0 atom stereocenters. The number of hydrogen-bond acceptors (Lipinski definition) is 3. The van der Waals surface area contributed by atoms with Gasteiger partial charge in [-0.1, -0.05) is 23.7 Å². The van der Waals surface area contributed by atoms with E-state index in [1.54, 1.807) is 6.07 Å². The zero-order valence-corrected chi connectivity index (χ0v) is 11.1. The summed E-state index contributed by atoms with van der Waals surface area (Å²) in [5.74, 6) is 0.565. The molecule has 4 nitrogen and oxygen atoms in total. The molecule has 0 saturated carbocycles. The minimum atomic E-state index is 0.565. The van der Waals surface area contributed by atoms with Crippen molar-refractivity contribution in [2.24, 2.45) is 0 Å². The maximum atomic E-state index is 5.85. The highest BCUT2D eigenvalue weighted by atomic mass is 35.5. The molecule has 0 amide bonds. The average Bonchev–Trinajstić information content (AvgIpc) is 2.76. The number of rotatable bonds is 5. The van der Waals surface area contributed by atoms with Crippen molar-refractivity contribution in [3.8, 4) is 0 Å². The second-order valence-electron chi connectivity index (χ2n) is 4.37. The van der Waals surface area contributed by atoms with Crippen molar-refractivity contribution in [2.45, 2.75) is 13.1 Å². The van der Waals surface area contributed by atoms with Crippen molar-refractivity contribution in [2.75, 3.05) is 19.3 Å². The summed E-state index contributed by atoms with van der Waals surface area (Å²) in [4.78, 5) is 2.24. The number of aromatic nitrogens is 2. The molecule has 0 radical (unpaired) electrons. The molecule has 2 rings (SSSR count). The quantitative estimate of drug-likeness (QED) is 0.901. The van der Waals surface area contributed by atoms with Gasteiger partial charge in [-0.3, -0.25) is 4.68 Å². The van der Waals surface area contributed by atoms with Crippen LogP contribution in [0.2, 0.25) is 5.02 Å². The molecule has 0 fully saturated rings. The lowest BCUT2D eigenvalue weighted by atomic mass is 10.2. The lowest BCUT2D eigenvalue weighted by Gasteiger charge is -2.16. The fourth-order valence-corrected chi connectivity index (χ4v) is 1.88. The molecular weight excluding hydrogens is 248 g/mol. The van der Waals surface area contributed by atoms with Gasteiger partial charge in [0.2, 0.25) is 0 Å². The molecule has 1 aromatic carbocycles. The van der Waals surface area contributed by atoms with Crippen molar-refractivity contribution in [1.82, 2.24) is 14.7 Å². The monoisotopic (exact) mass is 264 g/mol. The number of nitrogen functional groups attached to an aromatic ring is 1. The molecule has 96 valence electrons. The lowest BCUT2D eigenvalue weighted by Crippen LogP contribution is -2.23. The molecule has 0 saturated heterocycles. The normalized spacial score (nSPS) is 11.1. The van der Waals surface area contributed by atoms with Crippen LogP contribution in [-0.4, -0.2) is 28.3 Å². The van der Waals surface area contributed by atoms with Gasteiger partial charge in [0, 0.05) is 24.3 Å². The Balaban J connectivity index is 1.81. The molecule has 5 heteroatoms. The van der Waals surface area contributed by atoms with Crippen LogP contribution in [-0.2, 0) is 13.1 Å². The van der Waals surface area contributed by atoms with E-state index < -0.39 is 0 Å². The van der Waals surface area contributed by atoms with Gasteiger partial charge in [0.1, 0.15) is 5.82 Å². The Morgan fingerprint density at radius 1 is 1.28 bits per heavy atom. The van der Waals surface area contributed by atoms with Crippen molar-refractivity contribution in [3.05, 3.63) is 47.1 Å². The maximum absolute atomic E-state index is 5.85. The van der Waals surface area contributed by atoms with Gasteiger partial charge in [-0.15, -0.1) is 0 Å². The van der Waals surface area contributed by atoms with Crippen LogP contribution in [0.15, 0.2) is 36.5 Å². The molecule has 0 spiro atoms. The first-order valence-electron chi connectivity index (χ1n) is 5.85. The molecule has 18 heavy (non-hydrogen) atoms. The third-order valence-corrected chi connectivity index (χ3v) is 2.99. The summed E-state index contributed by atoms with van der Waals surface area (Å²) in [6.45, 7) is 2.65.